The van der Waals surface area contributed by atoms with Crippen molar-refractivity contribution in [2.75, 3.05) is 11.9 Å². The number of amides is 1. The minimum Gasteiger partial charge on any atom is -0.481 e. The third-order valence-electron chi connectivity index (χ3n) is 3.11. The second kappa shape index (κ2) is 8.15. The highest BCUT2D eigenvalue weighted by Gasteiger charge is 2.21. The highest BCUT2D eigenvalue weighted by atomic mass is 35.5. The molecule has 0 saturated heterocycles. The van der Waals surface area contributed by atoms with Gasteiger partial charge in [-0.25, -0.2) is 4.98 Å². The van der Waals surface area contributed by atoms with Gasteiger partial charge in [-0.05, 0) is 18.2 Å². The first-order valence-electron chi connectivity index (χ1n) is 6.78. The molecule has 11 heteroatoms. The molecule has 0 bridgehead atoms. The van der Waals surface area contributed by atoms with E-state index < -0.39 is 5.91 Å². The molecule has 2 aromatic carbocycles. The van der Waals surface area contributed by atoms with Gasteiger partial charge >= 0.3 is 0 Å². The van der Waals surface area contributed by atoms with Crippen LogP contribution in [0.2, 0.25) is 30.1 Å². The number of carbonyl (C=O) groups is 1. The van der Waals surface area contributed by atoms with Crippen LogP contribution in [-0.2, 0) is 4.79 Å². The first-order chi connectivity index (χ1) is 12.3. The Balaban J connectivity index is 1.73. The molecule has 0 spiro atoms. The van der Waals surface area contributed by atoms with E-state index in [0.29, 0.717) is 10.2 Å². The Bertz CT molecular complexity index is 994. The Morgan fingerprint density at radius 1 is 1.00 bits per heavy atom. The van der Waals surface area contributed by atoms with E-state index in [1.807, 2.05) is 0 Å². The van der Waals surface area contributed by atoms with Gasteiger partial charge in [0.25, 0.3) is 5.91 Å². The van der Waals surface area contributed by atoms with Crippen molar-refractivity contribution < 1.29 is 9.53 Å². The first kappa shape index (κ1) is 20.1. The van der Waals surface area contributed by atoms with Crippen molar-refractivity contribution in [2.24, 2.45) is 0 Å². The van der Waals surface area contributed by atoms with Gasteiger partial charge in [0.05, 0.1) is 25.3 Å². The van der Waals surface area contributed by atoms with Crippen LogP contribution in [0.15, 0.2) is 18.2 Å². The van der Waals surface area contributed by atoms with Crippen LogP contribution in [0.4, 0.5) is 5.13 Å². The zero-order valence-corrected chi connectivity index (χ0v) is 17.7. The molecule has 3 aromatic rings. The van der Waals surface area contributed by atoms with E-state index in [4.69, 9.17) is 74.3 Å². The Morgan fingerprint density at radius 3 is 2.27 bits per heavy atom. The second-order valence-corrected chi connectivity index (χ2v) is 8.22. The fourth-order valence-corrected chi connectivity index (χ4v) is 4.34. The van der Waals surface area contributed by atoms with Gasteiger partial charge in [-0.2, -0.15) is 0 Å². The number of ether oxygens (including phenoxy) is 1. The van der Waals surface area contributed by atoms with E-state index in [1.165, 1.54) is 11.3 Å². The number of halogens is 6. The molecule has 1 heterocycles. The van der Waals surface area contributed by atoms with Crippen LogP contribution in [-0.4, -0.2) is 17.5 Å². The van der Waals surface area contributed by atoms with E-state index >= 15 is 0 Å². The summed E-state index contributed by atoms with van der Waals surface area (Å²) in [4.78, 5) is 16.4. The van der Waals surface area contributed by atoms with Gasteiger partial charge in [-0.1, -0.05) is 80.9 Å². The number of anilines is 1. The predicted molar refractivity (Wildman–Crippen MR) is 110 cm³/mol. The summed E-state index contributed by atoms with van der Waals surface area (Å²) in [5.41, 5.74) is 0.720. The molecule has 0 aliphatic carbocycles. The summed E-state index contributed by atoms with van der Waals surface area (Å²) in [6.07, 6.45) is 0. The number of fused-ring (bicyclic) bond motifs is 1. The normalized spacial score (nSPS) is 11.0. The Kier molecular flexibility index (Phi) is 6.29. The average molecular weight is 491 g/mol. The van der Waals surface area contributed by atoms with Crippen molar-refractivity contribution in [3.63, 3.8) is 0 Å². The standard InChI is InChI=1S/C15H6Cl6N2O2S/c16-5-1-2-6-7(3-5)26-15(22-6)23-8(24)4-25-14-12(20)10(18)9(17)11(19)13(14)21/h1-3H,4H2,(H,22,23,24). The van der Waals surface area contributed by atoms with E-state index in [-0.39, 0.29) is 37.5 Å². The number of carbonyl (C=O) groups excluding carboxylic acids is 1. The maximum absolute atomic E-state index is 12.1. The van der Waals surface area contributed by atoms with Gasteiger partial charge in [-0.15, -0.1) is 0 Å². The van der Waals surface area contributed by atoms with Crippen LogP contribution in [0.5, 0.6) is 5.75 Å². The Morgan fingerprint density at radius 2 is 1.62 bits per heavy atom. The number of thiazole rings is 1. The number of rotatable bonds is 4. The third kappa shape index (κ3) is 4.09. The van der Waals surface area contributed by atoms with Gasteiger partial charge in [0.2, 0.25) is 0 Å². The van der Waals surface area contributed by atoms with Crippen molar-refractivity contribution in [3.05, 3.63) is 48.3 Å². The monoisotopic (exact) mass is 488 g/mol. The lowest BCUT2D eigenvalue weighted by Crippen LogP contribution is -2.20. The molecule has 1 aromatic heterocycles. The average Bonchev–Trinajstić information content (AvgIpc) is 2.99. The largest absolute Gasteiger partial charge is 0.481 e. The third-order valence-corrected chi connectivity index (χ3v) is 6.52. The van der Waals surface area contributed by atoms with E-state index in [2.05, 4.69) is 10.3 Å². The highest BCUT2D eigenvalue weighted by Crippen LogP contribution is 2.48. The number of hydrogen-bond acceptors (Lipinski definition) is 4. The van der Waals surface area contributed by atoms with Crippen molar-refractivity contribution in [3.8, 4) is 5.75 Å². The van der Waals surface area contributed by atoms with E-state index in [1.54, 1.807) is 18.2 Å². The molecule has 0 atom stereocenters. The molecule has 0 aliphatic heterocycles. The Hall–Kier alpha value is -0.660. The number of benzene rings is 2. The summed E-state index contributed by atoms with van der Waals surface area (Å²) >= 11 is 37.1. The Labute approximate surface area is 181 Å². The molecule has 1 N–H and O–H groups in total. The number of nitrogens with one attached hydrogen (secondary N) is 1. The first-order valence-corrected chi connectivity index (χ1v) is 9.86. The van der Waals surface area contributed by atoms with Gasteiger partial charge in [0, 0.05) is 5.02 Å². The highest BCUT2D eigenvalue weighted by molar-refractivity contribution is 7.22. The minimum absolute atomic E-state index is 0.00766. The van der Waals surface area contributed by atoms with Crippen molar-refractivity contribution >= 4 is 102 Å². The molecule has 3 rings (SSSR count). The van der Waals surface area contributed by atoms with Crippen molar-refractivity contribution in [2.45, 2.75) is 0 Å². The zero-order chi connectivity index (χ0) is 19.0. The molecule has 0 saturated carbocycles. The van der Waals surface area contributed by atoms with Crippen molar-refractivity contribution in [1.29, 1.82) is 0 Å². The summed E-state index contributed by atoms with van der Waals surface area (Å²) in [7, 11) is 0. The molecular formula is C15H6Cl6N2O2S. The lowest BCUT2D eigenvalue weighted by atomic mass is 10.3. The molecule has 4 nitrogen and oxygen atoms in total. The van der Waals surface area contributed by atoms with Gasteiger partial charge in [-0.3, -0.25) is 10.1 Å². The molecule has 0 unspecified atom stereocenters. The van der Waals surface area contributed by atoms with E-state index in [0.717, 1.165) is 10.2 Å². The minimum atomic E-state index is -0.468. The van der Waals surface area contributed by atoms with Crippen LogP contribution in [0.25, 0.3) is 10.2 Å². The van der Waals surface area contributed by atoms with Gasteiger partial charge in [0.1, 0.15) is 10.0 Å². The van der Waals surface area contributed by atoms with Crippen LogP contribution in [0.1, 0.15) is 0 Å². The fraction of sp³-hybridized carbons (Fsp3) is 0.0667. The van der Waals surface area contributed by atoms with Gasteiger partial charge < -0.3 is 4.74 Å². The molecule has 1 amide bonds. The smallest absolute Gasteiger partial charge is 0.264 e. The summed E-state index contributed by atoms with van der Waals surface area (Å²) in [5.74, 6) is -0.497. The number of hydrogen-bond donors (Lipinski definition) is 1. The predicted octanol–water partition coefficient (Wildman–Crippen LogP) is 7.23. The summed E-state index contributed by atoms with van der Waals surface area (Å²) in [6.45, 7) is -0.385. The maximum atomic E-state index is 12.1. The molecule has 26 heavy (non-hydrogen) atoms. The van der Waals surface area contributed by atoms with Crippen LogP contribution < -0.4 is 10.1 Å². The van der Waals surface area contributed by atoms with Crippen LogP contribution in [0, 0.1) is 0 Å². The molecular weight excluding hydrogens is 485 g/mol. The number of nitrogens with zero attached hydrogens (tertiary/aromatic N) is 1. The molecule has 136 valence electrons. The van der Waals surface area contributed by atoms with Gasteiger partial charge in [0.15, 0.2) is 17.5 Å². The summed E-state index contributed by atoms with van der Waals surface area (Å²) in [6, 6.07) is 5.24. The second-order valence-electron chi connectivity index (χ2n) is 4.87. The quantitative estimate of drug-likeness (QED) is 0.310. The fourth-order valence-electron chi connectivity index (χ4n) is 1.96. The summed E-state index contributed by atoms with van der Waals surface area (Å²) in [5, 5.41) is 3.53. The lowest BCUT2D eigenvalue weighted by molar-refractivity contribution is -0.118. The van der Waals surface area contributed by atoms with E-state index in [9.17, 15) is 4.79 Å². The summed E-state index contributed by atoms with van der Waals surface area (Å²) < 4.78 is 6.21. The number of aromatic nitrogens is 1. The van der Waals surface area contributed by atoms with Crippen molar-refractivity contribution in [1.82, 2.24) is 4.98 Å². The lowest BCUT2D eigenvalue weighted by Gasteiger charge is -2.13. The SMILES string of the molecule is O=C(COc1c(Cl)c(Cl)c(Cl)c(Cl)c1Cl)Nc1nc2ccc(Cl)cc2s1. The molecule has 0 fully saturated rings. The topological polar surface area (TPSA) is 51.2 Å². The molecule has 0 aliphatic rings. The zero-order valence-electron chi connectivity index (χ0n) is 12.4. The maximum Gasteiger partial charge on any atom is 0.264 e. The van der Waals surface area contributed by atoms with Crippen LogP contribution >= 0.6 is 80.9 Å². The van der Waals surface area contributed by atoms with Crippen LogP contribution in [0.3, 0.4) is 0 Å². The molecule has 0 radical (unpaired) electrons.